The highest BCUT2D eigenvalue weighted by molar-refractivity contribution is 7.20. The Labute approximate surface area is 178 Å². The van der Waals surface area contributed by atoms with E-state index in [9.17, 15) is 4.79 Å². The number of amides is 1. The van der Waals surface area contributed by atoms with Gasteiger partial charge in [0.2, 0.25) is 5.89 Å². The molecule has 30 heavy (non-hydrogen) atoms. The molecule has 5 rings (SSSR count). The number of carbonyl (C=O) groups is 1. The van der Waals surface area contributed by atoms with Crippen molar-refractivity contribution in [1.29, 1.82) is 0 Å². The maximum atomic E-state index is 13.6. The lowest BCUT2D eigenvalue weighted by Crippen LogP contribution is -2.35. The lowest BCUT2D eigenvalue weighted by molar-refractivity contribution is 0.0675. The van der Waals surface area contributed by atoms with Crippen LogP contribution in [0.1, 0.15) is 58.8 Å². The predicted octanol–water partition coefficient (Wildman–Crippen LogP) is 4.84. The number of thiophene rings is 1. The molecule has 1 fully saturated rings. The van der Waals surface area contributed by atoms with Gasteiger partial charge in [-0.25, -0.2) is 4.68 Å². The van der Waals surface area contributed by atoms with Gasteiger partial charge in [0.1, 0.15) is 4.83 Å². The second-order valence-electron chi connectivity index (χ2n) is 7.70. The number of likely N-dealkylation sites (tertiary alicyclic amines) is 1. The Morgan fingerprint density at radius 1 is 1.17 bits per heavy atom. The van der Waals surface area contributed by atoms with Crippen LogP contribution in [0.15, 0.2) is 40.9 Å². The molecule has 0 unspecified atom stereocenters. The van der Waals surface area contributed by atoms with Crippen molar-refractivity contribution in [3.8, 4) is 5.69 Å². The lowest BCUT2D eigenvalue weighted by atomic mass is 10.1. The summed E-state index contributed by atoms with van der Waals surface area (Å²) < 4.78 is 7.13. The van der Waals surface area contributed by atoms with Crippen LogP contribution < -0.4 is 0 Å². The van der Waals surface area contributed by atoms with E-state index in [0.29, 0.717) is 18.3 Å². The first-order chi connectivity index (χ1) is 14.6. The molecule has 0 N–H and O–H groups in total. The molecule has 154 valence electrons. The Bertz CT molecular complexity index is 1190. The number of aromatic nitrogens is 4. The van der Waals surface area contributed by atoms with Crippen molar-refractivity contribution >= 4 is 27.5 Å². The minimum Gasteiger partial charge on any atom is -0.340 e. The van der Waals surface area contributed by atoms with E-state index in [1.54, 1.807) is 6.92 Å². The summed E-state index contributed by atoms with van der Waals surface area (Å²) in [5.74, 6) is 1.17. The van der Waals surface area contributed by atoms with Crippen molar-refractivity contribution in [3.63, 3.8) is 0 Å². The number of aryl methyl sites for hydroxylation is 2. The molecule has 0 spiro atoms. The second kappa shape index (κ2) is 7.68. The summed E-state index contributed by atoms with van der Waals surface area (Å²) in [6.45, 7) is 4.47. The highest BCUT2D eigenvalue weighted by atomic mass is 32.1. The van der Waals surface area contributed by atoms with Crippen LogP contribution in [0.25, 0.3) is 15.9 Å². The van der Waals surface area contributed by atoms with Crippen molar-refractivity contribution in [1.82, 2.24) is 24.8 Å². The minimum atomic E-state index is -0.144. The maximum absolute atomic E-state index is 13.6. The molecule has 0 radical (unpaired) electrons. The third-order valence-electron chi connectivity index (χ3n) is 5.61. The number of para-hydroxylation sites is 1. The zero-order valence-corrected chi connectivity index (χ0v) is 17.9. The molecule has 1 aromatic carbocycles. The molecular formula is C22H23N5O2S. The zero-order chi connectivity index (χ0) is 20.7. The highest BCUT2D eigenvalue weighted by Crippen LogP contribution is 2.35. The van der Waals surface area contributed by atoms with Gasteiger partial charge >= 0.3 is 0 Å². The number of carbonyl (C=O) groups excluding carboxylic acids is 1. The Kier molecular flexibility index (Phi) is 4.86. The van der Waals surface area contributed by atoms with E-state index >= 15 is 0 Å². The smallest absolute Gasteiger partial charge is 0.264 e. The largest absolute Gasteiger partial charge is 0.340 e. The molecule has 3 aromatic heterocycles. The third-order valence-corrected chi connectivity index (χ3v) is 6.71. The van der Waals surface area contributed by atoms with Gasteiger partial charge in [-0.2, -0.15) is 10.1 Å². The topological polar surface area (TPSA) is 77.1 Å². The van der Waals surface area contributed by atoms with Crippen LogP contribution in [0.2, 0.25) is 0 Å². The van der Waals surface area contributed by atoms with E-state index in [2.05, 4.69) is 15.2 Å². The zero-order valence-electron chi connectivity index (χ0n) is 17.0. The van der Waals surface area contributed by atoms with Crippen LogP contribution in [-0.2, 0) is 0 Å². The van der Waals surface area contributed by atoms with Crippen LogP contribution in [0.5, 0.6) is 0 Å². The number of benzene rings is 1. The summed E-state index contributed by atoms with van der Waals surface area (Å²) in [6, 6.07) is 11.9. The van der Waals surface area contributed by atoms with Crippen LogP contribution in [0.4, 0.5) is 0 Å². The molecule has 1 amide bonds. The molecule has 0 saturated carbocycles. The number of hydrogen-bond acceptors (Lipinski definition) is 6. The summed E-state index contributed by atoms with van der Waals surface area (Å²) >= 11 is 1.50. The summed E-state index contributed by atoms with van der Waals surface area (Å²) in [5.41, 5.74) is 1.91. The van der Waals surface area contributed by atoms with Gasteiger partial charge in [-0.05, 0) is 38.0 Å². The summed E-state index contributed by atoms with van der Waals surface area (Å²) in [7, 11) is 0. The number of hydrogen-bond donors (Lipinski definition) is 0. The van der Waals surface area contributed by atoms with E-state index in [1.807, 2.05) is 52.9 Å². The molecule has 1 saturated heterocycles. The van der Waals surface area contributed by atoms with Gasteiger partial charge in [-0.15, -0.1) is 11.3 Å². The van der Waals surface area contributed by atoms with E-state index in [-0.39, 0.29) is 11.9 Å². The van der Waals surface area contributed by atoms with Crippen LogP contribution in [0.3, 0.4) is 0 Å². The van der Waals surface area contributed by atoms with Crippen molar-refractivity contribution in [2.24, 2.45) is 0 Å². The van der Waals surface area contributed by atoms with Gasteiger partial charge < -0.3 is 9.42 Å². The van der Waals surface area contributed by atoms with Gasteiger partial charge in [0.05, 0.1) is 22.3 Å². The van der Waals surface area contributed by atoms with Crippen molar-refractivity contribution in [2.75, 3.05) is 6.54 Å². The number of nitrogens with zero attached hydrogens (tertiary/aromatic N) is 5. The lowest BCUT2D eigenvalue weighted by Gasteiger charge is -2.27. The fourth-order valence-electron chi connectivity index (χ4n) is 4.11. The SMILES string of the molecule is Cc1nc([C@@H]2CCCCCN2C(=O)c2cc3c(C)nn(-c4ccccc4)c3s2)no1. The summed E-state index contributed by atoms with van der Waals surface area (Å²) in [4.78, 5) is 21.7. The summed E-state index contributed by atoms with van der Waals surface area (Å²) in [6.07, 6.45) is 4.00. The number of fused-ring (bicyclic) bond motifs is 1. The predicted molar refractivity (Wildman–Crippen MR) is 115 cm³/mol. The van der Waals surface area contributed by atoms with E-state index in [0.717, 1.165) is 52.2 Å². The molecule has 0 aliphatic carbocycles. The fraction of sp³-hybridized carbons (Fsp3) is 0.364. The Balaban J connectivity index is 1.53. The molecule has 0 bridgehead atoms. The van der Waals surface area contributed by atoms with Crippen LogP contribution >= 0.6 is 11.3 Å². The monoisotopic (exact) mass is 421 g/mol. The molecule has 4 heterocycles. The van der Waals surface area contributed by atoms with Crippen molar-refractivity contribution in [3.05, 3.63) is 58.7 Å². The molecule has 4 aromatic rings. The normalized spacial score (nSPS) is 17.4. The van der Waals surface area contributed by atoms with E-state index < -0.39 is 0 Å². The molecule has 7 nitrogen and oxygen atoms in total. The Hall–Kier alpha value is -3.00. The first-order valence-electron chi connectivity index (χ1n) is 10.3. The summed E-state index contributed by atoms with van der Waals surface area (Å²) in [5, 5.41) is 9.82. The molecule has 1 aliphatic rings. The van der Waals surface area contributed by atoms with E-state index in [1.165, 1.54) is 11.3 Å². The van der Waals surface area contributed by atoms with Gasteiger partial charge in [0.25, 0.3) is 5.91 Å². The van der Waals surface area contributed by atoms with Crippen LogP contribution in [0, 0.1) is 13.8 Å². The molecule has 1 atom stereocenters. The minimum absolute atomic E-state index is 0.0320. The van der Waals surface area contributed by atoms with Gasteiger partial charge in [0.15, 0.2) is 5.82 Å². The van der Waals surface area contributed by atoms with Gasteiger partial charge in [0, 0.05) is 18.9 Å². The number of rotatable bonds is 3. The van der Waals surface area contributed by atoms with E-state index in [4.69, 9.17) is 4.52 Å². The molecule has 8 heteroatoms. The molecule has 1 aliphatic heterocycles. The first kappa shape index (κ1) is 19.0. The highest BCUT2D eigenvalue weighted by Gasteiger charge is 2.32. The molecular weight excluding hydrogens is 398 g/mol. The average Bonchev–Trinajstić information content (AvgIpc) is 3.40. The van der Waals surface area contributed by atoms with Crippen molar-refractivity contribution in [2.45, 2.75) is 45.6 Å². The maximum Gasteiger partial charge on any atom is 0.264 e. The van der Waals surface area contributed by atoms with Crippen molar-refractivity contribution < 1.29 is 9.32 Å². The average molecular weight is 422 g/mol. The Morgan fingerprint density at radius 2 is 2.00 bits per heavy atom. The quantitative estimate of drug-likeness (QED) is 0.473. The fourth-order valence-corrected chi connectivity index (χ4v) is 5.25. The Morgan fingerprint density at radius 3 is 2.77 bits per heavy atom. The van der Waals surface area contributed by atoms with Gasteiger partial charge in [-0.3, -0.25) is 4.79 Å². The third kappa shape index (κ3) is 3.31. The first-order valence-corrected chi connectivity index (χ1v) is 11.1. The standard InChI is InChI=1S/C22H23N5O2S/c1-14-17-13-19(30-22(17)27(24-14)16-9-5-3-6-10-16)21(28)26-12-8-4-7-11-18(26)20-23-15(2)29-25-20/h3,5-6,9-10,13,18H,4,7-8,11-12H2,1-2H3/t18-/m0/s1. The second-order valence-corrected chi connectivity index (χ2v) is 8.73. The van der Waals surface area contributed by atoms with Crippen LogP contribution in [-0.4, -0.2) is 37.3 Å². The van der Waals surface area contributed by atoms with Gasteiger partial charge in [-0.1, -0.05) is 36.2 Å².